The molecular formula is C29H38N2O6. The van der Waals surface area contributed by atoms with Crippen molar-refractivity contribution in [2.24, 2.45) is 0 Å². The zero-order valence-electron chi connectivity index (χ0n) is 21.7. The normalized spacial score (nSPS) is 23.3. The van der Waals surface area contributed by atoms with Gasteiger partial charge in [-0.1, -0.05) is 55.0 Å². The molecule has 4 rings (SSSR count). The number of esters is 1. The van der Waals surface area contributed by atoms with Gasteiger partial charge in [-0.25, -0.2) is 0 Å². The lowest BCUT2D eigenvalue weighted by Crippen LogP contribution is -2.41. The van der Waals surface area contributed by atoms with Crippen molar-refractivity contribution >= 4 is 11.9 Å². The lowest BCUT2D eigenvalue weighted by atomic mass is 9.99. The number of amides is 1. The molecule has 0 spiro atoms. The summed E-state index contributed by atoms with van der Waals surface area (Å²) in [6.07, 6.45) is 3.13. The van der Waals surface area contributed by atoms with Crippen LogP contribution in [0.5, 0.6) is 0 Å². The maximum atomic E-state index is 12.1. The topological polar surface area (TPSA) is 97.3 Å². The molecule has 0 aliphatic carbocycles. The Kier molecular flexibility index (Phi) is 9.68. The third-order valence-corrected chi connectivity index (χ3v) is 6.96. The van der Waals surface area contributed by atoms with Gasteiger partial charge in [-0.2, -0.15) is 0 Å². The Labute approximate surface area is 218 Å². The SMILES string of the molecule is CC(=O)O[C@@H](C)C(=O)NCc1ccc([C@H]2O[C@@H](CN3CCCCC3)C[C@@H](c3ccc(CO)cc3)O2)cc1. The molecule has 8 nitrogen and oxygen atoms in total. The molecule has 1 amide bonds. The van der Waals surface area contributed by atoms with E-state index in [2.05, 4.69) is 10.2 Å². The molecule has 2 aromatic rings. The van der Waals surface area contributed by atoms with E-state index in [0.717, 1.165) is 48.3 Å². The van der Waals surface area contributed by atoms with Gasteiger partial charge in [0.25, 0.3) is 5.91 Å². The third-order valence-electron chi connectivity index (χ3n) is 6.96. The van der Waals surface area contributed by atoms with Crippen molar-refractivity contribution in [2.75, 3.05) is 19.6 Å². The molecule has 0 radical (unpaired) electrons. The van der Waals surface area contributed by atoms with Crippen LogP contribution in [0.4, 0.5) is 0 Å². The maximum Gasteiger partial charge on any atom is 0.303 e. The number of hydrogen-bond acceptors (Lipinski definition) is 7. The third kappa shape index (κ3) is 7.85. The van der Waals surface area contributed by atoms with E-state index in [0.29, 0.717) is 6.54 Å². The van der Waals surface area contributed by atoms with Gasteiger partial charge in [0.1, 0.15) is 0 Å². The first kappa shape index (κ1) is 27.3. The van der Waals surface area contributed by atoms with E-state index in [1.165, 1.54) is 26.2 Å². The van der Waals surface area contributed by atoms with Gasteiger partial charge < -0.3 is 29.5 Å². The molecule has 2 saturated heterocycles. The summed E-state index contributed by atoms with van der Waals surface area (Å²) < 4.78 is 17.8. The molecule has 2 N–H and O–H groups in total. The van der Waals surface area contributed by atoms with E-state index in [9.17, 15) is 14.7 Å². The summed E-state index contributed by atoms with van der Waals surface area (Å²) in [5.41, 5.74) is 3.80. The van der Waals surface area contributed by atoms with E-state index in [-0.39, 0.29) is 24.7 Å². The summed E-state index contributed by atoms with van der Waals surface area (Å²) in [5.74, 6) is -0.824. The summed E-state index contributed by atoms with van der Waals surface area (Å²) in [5, 5.41) is 12.2. The molecule has 200 valence electrons. The number of benzene rings is 2. The molecule has 8 heteroatoms. The quantitative estimate of drug-likeness (QED) is 0.496. The molecule has 0 aromatic heterocycles. The minimum atomic E-state index is -0.832. The smallest absolute Gasteiger partial charge is 0.303 e. The minimum absolute atomic E-state index is 0.0184. The predicted octanol–water partition coefficient (Wildman–Crippen LogP) is 3.78. The average molecular weight is 511 g/mol. The Morgan fingerprint density at radius 2 is 1.65 bits per heavy atom. The summed E-state index contributed by atoms with van der Waals surface area (Å²) in [7, 11) is 0. The van der Waals surface area contributed by atoms with Crippen molar-refractivity contribution in [2.45, 2.75) is 77.3 Å². The Balaban J connectivity index is 1.42. The first-order valence-corrected chi connectivity index (χ1v) is 13.2. The second-order valence-corrected chi connectivity index (χ2v) is 9.92. The van der Waals surface area contributed by atoms with Gasteiger partial charge in [-0.15, -0.1) is 0 Å². The fourth-order valence-corrected chi connectivity index (χ4v) is 4.89. The number of hydrogen-bond donors (Lipinski definition) is 2. The highest BCUT2D eigenvalue weighted by Gasteiger charge is 2.33. The van der Waals surface area contributed by atoms with Crippen molar-refractivity contribution in [3.8, 4) is 0 Å². The number of carbonyl (C=O) groups is 2. The number of rotatable bonds is 9. The van der Waals surface area contributed by atoms with Crippen LogP contribution in [0.15, 0.2) is 48.5 Å². The lowest BCUT2D eigenvalue weighted by Gasteiger charge is -2.39. The van der Waals surface area contributed by atoms with Crippen molar-refractivity contribution in [3.63, 3.8) is 0 Å². The standard InChI is InChI=1S/C29H38N2O6/c1-20(35-21(2)33)28(34)30-17-22-6-12-25(13-7-22)29-36-26(18-31-14-4-3-5-15-31)16-27(37-29)24-10-8-23(19-32)9-11-24/h6-13,20,26-27,29,32H,3-5,14-19H2,1-2H3,(H,30,34)/t20-,26+,27-,29-/m0/s1. The minimum Gasteiger partial charge on any atom is -0.453 e. The van der Waals surface area contributed by atoms with E-state index in [1.54, 1.807) is 6.92 Å². The fourth-order valence-electron chi connectivity index (χ4n) is 4.89. The van der Waals surface area contributed by atoms with Crippen LogP contribution in [-0.4, -0.2) is 53.7 Å². The van der Waals surface area contributed by atoms with Crippen LogP contribution in [0.3, 0.4) is 0 Å². The Morgan fingerprint density at radius 1 is 1.00 bits per heavy atom. The largest absolute Gasteiger partial charge is 0.453 e. The molecule has 0 bridgehead atoms. The number of nitrogens with zero attached hydrogens (tertiary/aromatic N) is 1. The molecule has 4 atom stereocenters. The van der Waals surface area contributed by atoms with E-state index >= 15 is 0 Å². The number of carbonyl (C=O) groups excluding carboxylic acids is 2. The number of likely N-dealkylation sites (tertiary alicyclic amines) is 1. The van der Waals surface area contributed by atoms with Crippen molar-refractivity contribution in [1.82, 2.24) is 10.2 Å². The van der Waals surface area contributed by atoms with Crippen LogP contribution in [0.1, 0.15) is 74.2 Å². The molecule has 2 heterocycles. The maximum absolute atomic E-state index is 12.1. The van der Waals surface area contributed by atoms with E-state index < -0.39 is 18.4 Å². The lowest BCUT2D eigenvalue weighted by molar-refractivity contribution is -0.253. The van der Waals surface area contributed by atoms with Crippen LogP contribution >= 0.6 is 0 Å². The molecule has 2 aromatic carbocycles. The van der Waals surface area contributed by atoms with Crippen LogP contribution in [0.25, 0.3) is 0 Å². The average Bonchev–Trinajstić information content (AvgIpc) is 2.92. The van der Waals surface area contributed by atoms with Crippen molar-refractivity contribution < 1.29 is 28.9 Å². The van der Waals surface area contributed by atoms with Crippen LogP contribution < -0.4 is 5.32 Å². The Morgan fingerprint density at radius 3 is 2.30 bits per heavy atom. The number of piperidine rings is 1. The van der Waals surface area contributed by atoms with E-state index in [1.807, 2.05) is 48.5 Å². The fraction of sp³-hybridized carbons (Fsp3) is 0.517. The summed E-state index contributed by atoms with van der Waals surface area (Å²) in [6.45, 7) is 6.28. The predicted molar refractivity (Wildman–Crippen MR) is 138 cm³/mol. The van der Waals surface area contributed by atoms with Crippen LogP contribution in [-0.2, 0) is 37.0 Å². The van der Waals surface area contributed by atoms with Gasteiger partial charge in [-0.3, -0.25) is 9.59 Å². The second-order valence-electron chi connectivity index (χ2n) is 9.92. The van der Waals surface area contributed by atoms with Crippen molar-refractivity contribution in [1.29, 1.82) is 0 Å². The number of aliphatic hydroxyl groups is 1. The molecule has 0 unspecified atom stereocenters. The highest BCUT2D eigenvalue weighted by Crippen LogP contribution is 2.38. The molecular weight excluding hydrogens is 472 g/mol. The van der Waals surface area contributed by atoms with Crippen LogP contribution in [0.2, 0.25) is 0 Å². The van der Waals surface area contributed by atoms with E-state index in [4.69, 9.17) is 14.2 Å². The first-order valence-electron chi connectivity index (χ1n) is 13.2. The second kappa shape index (κ2) is 13.1. The zero-order chi connectivity index (χ0) is 26.2. The molecule has 0 saturated carbocycles. The molecule has 2 aliphatic heterocycles. The molecule has 37 heavy (non-hydrogen) atoms. The van der Waals surface area contributed by atoms with Crippen molar-refractivity contribution in [3.05, 3.63) is 70.8 Å². The van der Waals surface area contributed by atoms with Gasteiger partial charge in [0.05, 0.1) is 18.8 Å². The highest BCUT2D eigenvalue weighted by atomic mass is 16.7. The summed E-state index contributed by atoms with van der Waals surface area (Å²) in [6, 6.07) is 15.8. The number of aliphatic hydroxyl groups excluding tert-OH is 1. The van der Waals surface area contributed by atoms with Gasteiger partial charge in [0, 0.05) is 32.0 Å². The summed E-state index contributed by atoms with van der Waals surface area (Å²) >= 11 is 0. The Bertz CT molecular complexity index is 1020. The number of nitrogens with one attached hydrogen (secondary N) is 1. The monoisotopic (exact) mass is 510 g/mol. The van der Waals surface area contributed by atoms with Gasteiger partial charge >= 0.3 is 5.97 Å². The highest BCUT2D eigenvalue weighted by molar-refractivity contribution is 5.82. The van der Waals surface area contributed by atoms with Gasteiger partial charge in [-0.05, 0) is 49.5 Å². The zero-order valence-corrected chi connectivity index (χ0v) is 21.7. The first-order chi connectivity index (χ1) is 17.9. The molecule has 2 aliphatic rings. The summed E-state index contributed by atoms with van der Waals surface area (Å²) in [4.78, 5) is 25.7. The Hall–Kier alpha value is -2.78. The van der Waals surface area contributed by atoms with Crippen LogP contribution in [0, 0.1) is 0 Å². The van der Waals surface area contributed by atoms with Gasteiger partial charge in [0.15, 0.2) is 12.4 Å². The molecule has 2 fully saturated rings. The number of ether oxygens (including phenoxy) is 3. The van der Waals surface area contributed by atoms with Gasteiger partial charge in [0.2, 0.25) is 0 Å².